The summed E-state index contributed by atoms with van der Waals surface area (Å²) in [7, 11) is 1.87. The number of imidazole rings is 1. The predicted octanol–water partition coefficient (Wildman–Crippen LogP) is 2.11. The van der Waals surface area contributed by atoms with Gasteiger partial charge in [-0.25, -0.2) is 4.98 Å². The number of nitrogens with zero attached hydrogens (tertiary/aromatic N) is 3. The van der Waals surface area contributed by atoms with E-state index in [9.17, 15) is 18.0 Å². The van der Waals surface area contributed by atoms with Gasteiger partial charge in [0.1, 0.15) is 5.82 Å². The number of hydrogen-bond donors (Lipinski definition) is 1. The van der Waals surface area contributed by atoms with Crippen molar-refractivity contribution in [2.75, 3.05) is 13.6 Å². The van der Waals surface area contributed by atoms with Crippen LogP contribution in [0.25, 0.3) is 11.4 Å². The lowest BCUT2D eigenvalue weighted by atomic mass is 10.1. The van der Waals surface area contributed by atoms with Crippen LogP contribution in [0.15, 0.2) is 24.3 Å². The maximum Gasteiger partial charge on any atom is 0.417 e. The van der Waals surface area contributed by atoms with Crippen LogP contribution in [0.1, 0.15) is 21.7 Å². The molecule has 0 unspecified atom stereocenters. The van der Waals surface area contributed by atoms with Crippen LogP contribution >= 0.6 is 0 Å². The van der Waals surface area contributed by atoms with Crippen molar-refractivity contribution in [3.63, 3.8) is 0 Å². The van der Waals surface area contributed by atoms with Gasteiger partial charge in [0, 0.05) is 25.2 Å². The molecule has 2 N–H and O–H groups in total. The summed E-state index contributed by atoms with van der Waals surface area (Å²) in [5.41, 5.74) is 5.11. The van der Waals surface area contributed by atoms with Gasteiger partial charge in [0.25, 0.3) is 5.91 Å². The minimum absolute atomic E-state index is 0.0310. The minimum Gasteiger partial charge on any atom is -0.364 e. The van der Waals surface area contributed by atoms with Crippen LogP contribution in [0.3, 0.4) is 0 Å². The fourth-order valence-electron chi connectivity index (χ4n) is 2.82. The Morgan fingerprint density at radius 3 is 2.61 bits per heavy atom. The summed E-state index contributed by atoms with van der Waals surface area (Å²) in [5, 5.41) is 0. The maximum atomic E-state index is 13.3. The lowest BCUT2D eigenvalue weighted by Crippen LogP contribution is -2.32. The predicted molar refractivity (Wildman–Crippen MR) is 77.5 cm³/mol. The highest BCUT2D eigenvalue weighted by Gasteiger charge is 2.35. The first-order chi connectivity index (χ1) is 10.8. The van der Waals surface area contributed by atoms with E-state index in [0.717, 1.165) is 6.07 Å². The molecule has 2 aromatic rings. The first-order valence-electron chi connectivity index (χ1n) is 7.03. The molecule has 0 aliphatic carbocycles. The third-order valence-corrected chi connectivity index (χ3v) is 3.90. The zero-order valence-electron chi connectivity index (χ0n) is 12.4. The van der Waals surface area contributed by atoms with Crippen LogP contribution in [-0.2, 0) is 19.3 Å². The Bertz CT molecular complexity index is 767. The monoisotopic (exact) mass is 324 g/mol. The number of nitrogens with two attached hydrogens (primary N) is 1. The fourth-order valence-corrected chi connectivity index (χ4v) is 2.82. The van der Waals surface area contributed by atoms with Crippen LogP contribution in [0.2, 0.25) is 0 Å². The number of rotatable bonds is 2. The summed E-state index contributed by atoms with van der Waals surface area (Å²) in [6.45, 7) is 1.52. The maximum absolute atomic E-state index is 13.3. The Morgan fingerprint density at radius 2 is 1.96 bits per heavy atom. The average molecular weight is 324 g/mol. The lowest BCUT2D eigenvalue weighted by molar-refractivity contribution is -0.137. The molecule has 3 rings (SSSR count). The van der Waals surface area contributed by atoms with Gasteiger partial charge >= 0.3 is 6.18 Å². The average Bonchev–Trinajstić information content (AvgIpc) is 2.85. The largest absolute Gasteiger partial charge is 0.417 e. The third kappa shape index (κ3) is 2.70. The Hall–Kier alpha value is -2.35. The van der Waals surface area contributed by atoms with Crippen LogP contribution in [-0.4, -0.2) is 34.0 Å². The second-order valence-corrected chi connectivity index (χ2v) is 5.53. The van der Waals surface area contributed by atoms with E-state index in [1.807, 2.05) is 11.9 Å². The number of aromatic nitrogens is 2. The second-order valence-electron chi connectivity index (χ2n) is 5.53. The highest BCUT2D eigenvalue weighted by Crippen LogP contribution is 2.37. The number of carbonyl (C=O) groups excluding carboxylic acids is 1. The van der Waals surface area contributed by atoms with E-state index in [1.165, 1.54) is 18.2 Å². The van der Waals surface area contributed by atoms with Crippen LogP contribution in [0, 0.1) is 0 Å². The Morgan fingerprint density at radius 1 is 1.26 bits per heavy atom. The molecule has 1 aromatic carbocycles. The van der Waals surface area contributed by atoms with Gasteiger partial charge < -0.3 is 10.3 Å². The van der Waals surface area contributed by atoms with Crippen molar-refractivity contribution in [1.82, 2.24) is 14.5 Å². The molecule has 0 saturated carbocycles. The summed E-state index contributed by atoms with van der Waals surface area (Å²) in [4.78, 5) is 17.7. The van der Waals surface area contributed by atoms with E-state index in [1.54, 1.807) is 4.57 Å². The van der Waals surface area contributed by atoms with Crippen molar-refractivity contribution in [1.29, 1.82) is 0 Å². The number of alkyl halides is 3. The molecule has 23 heavy (non-hydrogen) atoms. The quantitative estimate of drug-likeness (QED) is 0.920. The first-order valence-corrected chi connectivity index (χ1v) is 7.03. The van der Waals surface area contributed by atoms with Crippen molar-refractivity contribution >= 4 is 5.91 Å². The lowest BCUT2D eigenvalue weighted by Gasteiger charge is -2.26. The topological polar surface area (TPSA) is 64.2 Å². The standard InChI is InChI=1S/C15H15F3N4O/c1-21-6-7-22-11(8-21)12(13(19)23)20-14(22)9-4-2-3-5-10(9)15(16,17)18/h2-5H,6-8H2,1H3,(H2,19,23). The summed E-state index contributed by atoms with van der Waals surface area (Å²) in [6.07, 6.45) is -4.50. The van der Waals surface area contributed by atoms with Crippen molar-refractivity contribution < 1.29 is 18.0 Å². The van der Waals surface area contributed by atoms with Gasteiger partial charge in [0.2, 0.25) is 0 Å². The molecule has 0 bridgehead atoms. The second kappa shape index (κ2) is 5.38. The van der Waals surface area contributed by atoms with Gasteiger partial charge in [-0.3, -0.25) is 9.69 Å². The molecule has 0 saturated heterocycles. The molecular formula is C15H15F3N4O. The molecule has 0 radical (unpaired) electrons. The smallest absolute Gasteiger partial charge is 0.364 e. The molecule has 8 heteroatoms. The van der Waals surface area contributed by atoms with Crippen LogP contribution in [0.5, 0.6) is 0 Å². The number of hydrogen-bond acceptors (Lipinski definition) is 3. The number of halogens is 3. The van der Waals surface area contributed by atoms with E-state index in [4.69, 9.17) is 5.73 Å². The Balaban J connectivity index is 2.23. The molecule has 2 heterocycles. The number of likely N-dealkylation sites (N-methyl/N-ethyl adjacent to an activating group) is 1. The van der Waals surface area contributed by atoms with Gasteiger partial charge in [-0.1, -0.05) is 18.2 Å². The van der Waals surface area contributed by atoms with Crippen molar-refractivity contribution in [2.24, 2.45) is 5.73 Å². The zero-order valence-corrected chi connectivity index (χ0v) is 12.4. The fraction of sp³-hybridized carbons (Fsp3) is 0.333. The summed E-state index contributed by atoms with van der Waals surface area (Å²) < 4.78 is 41.4. The zero-order chi connectivity index (χ0) is 16.8. The summed E-state index contributed by atoms with van der Waals surface area (Å²) >= 11 is 0. The molecule has 1 aromatic heterocycles. The van der Waals surface area contributed by atoms with E-state index >= 15 is 0 Å². The molecular weight excluding hydrogens is 309 g/mol. The van der Waals surface area contributed by atoms with E-state index in [0.29, 0.717) is 25.3 Å². The number of primary amides is 1. The molecule has 1 aliphatic rings. The number of amides is 1. The van der Waals surface area contributed by atoms with Crippen LogP contribution in [0.4, 0.5) is 13.2 Å². The first kappa shape index (κ1) is 15.5. The highest BCUT2D eigenvalue weighted by atomic mass is 19.4. The van der Waals surface area contributed by atoms with Gasteiger partial charge in [-0.15, -0.1) is 0 Å². The molecule has 1 aliphatic heterocycles. The minimum atomic E-state index is -4.50. The Kier molecular flexibility index (Phi) is 3.63. The highest BCUT2D eigenvalue weighted by molar-refractivity contribution is 5.93. The van der Waals surface area contributed by atoms with Gasteiger partial charge in [0.15, 0.2) is 5.69 Å². The summed E-state index contributed by atoms with van der Waals surface area (Å²) in [6, 6.07) is 5.22. The van der Waals surface area contributed by atoms with Crippen molar-refractivity contribution in [3.05, 3.63) is 41.2 Å². The number of fused-ring (bicyclic) bond motifs is 1. The molecule has 5 nitrogen and oxygen atoms in total. The third-order valence-electron chi connectivity index (χ3n) is 3.90. The molecule has 122 valence electrons. The van der Waals surface area contributed by atoms with Crippen LogP contribution < -0.4 is 5.73 Å². The molecule has 1 amide bonds. The van der Waals surface area contributed by atoms with Gasteiger partial charge in [-0.05, 0) is 13.1 Å². The van der Waals surface area contributed by atoms with Crippen molar-refractivity contribution in [2.45, 2.75) is 19.3 Å². The Labute approximate surface area is 130 Å². The SMILES string of the molecule is CN1CCn2c(-c3ccccc3C(F)(F)F)nc(C(N)=O)c2C1. The van der Waals surface area contributed by atoms with E-state index in [-0.39, 0.29) is 17.1 Å². The van der Waals surface area contributed by atoms with Crippen molar-refractivity contribution in [3.8, 4) is 11.4 Å². The number of carbonyl (C=O) groups is 1. The summed E-state index contributed by atoms with van der Waals surface area (Å²) in [5.74, 6) is -0.602. The van der Waals surface area contributed by atoms with Gasteiger partial charge in [0.05, 0.1) is 11.3 Å². The molecule has 0 fully saturated rings. The molecule has 0 spiro atoms. The number of benzene rings is 1. The van der Waals surface area contributed by atoms with E-state index in [2.05, 4.69) is 4.98 Å². The molecule has 0 atom stereocenters. The normalized spacial score (nSPS) is 15.5. The van der Waals surface area contributed by atoms with Gasteiger partial charge in [-0.2, -0.15) is 13.2 Å². The van der Waals surface area contributed by atoms with E-state index < -0.39 is 17.6 Å².